The number of nitrogens with zero attached hydrogens (tertiary/aromatic N) is 4. The van der Waals surface area contributed by atoms with Crippen LogP contribution in [-0.2, 0) is 18.3 Å². The normalized spacial score (nSPS) is 15.2. The zero-order chi connectivity index (χ0) is 18.8. The van der Waals surface area contributed by atoms with Gasteiger partial charge in [-0.3, -0.25) is 9.78 Å². The van der Waals surface area contributed by atoms with Crippen molar-refractivity contribution in [2.24, 2.45) is 7.05 Å². The summed E-state index contributed by atoms with van der Waals surface area (Å²) < 4.78 is 2.11. The van der Waals surface area contributed by atoms with E-state index in [9.17, 15) is 4.79 Å². The van der Waals surface area contributed by atoms with E-state index < -0.39 is 0 Å². The van der Waals surface area contributed by atoms with E-state index in [1.165, 1.54) is 16.6 Å². The van der Waals surface area contributed by atoms with Gasteiger partial charge in [0.1, 0.15) is 0 Å². The lowest BCUT2D eigenvalue weighted by Gasteiger charge is -2.24. The van der Waals surface area contributed by atoms with E-state index in [-0.39, 0.29) is 5.91 Å². The Morgan fingerprint density at radius 3 is 2.81 bits per heavy atom. The Bertz CT molecular complexity index is 962. The predicted octanol–water partition coefficient (Wildman–Crippen LogP) is 3.16. The monoisotopic (exact) mass is 362 g/mol. The van der Waals surface area contributed by atoms with E-state index in [0.717, 1.165) is 43.9 Å². The molecule has 2 aromatic heterocycles. The van der Waals surface area contributed by atoms with Gasteiger partial charge in [-0.15, -0.1) is 0 Å². The van der Waals surface area contributed by atoms with Crippen LogP contribution < -0.4 is 4.90 Å². The molecule has 0 saturated carbocycles. The van der Waals surface area contributed by atoms with Gasteiger partial charge in [0, 0.05) is 67.9 Å². The van der Waals surface area contributed by atoms with Crippen molar-refractivity contribution in [2.45, 2.75) is 19.8 Å². The minimum Gasteiger partial charge on any atom is -0.370 e. The molecule has 140 valence electrons. The number of aryl methyl sites for hydroxylation is 2. The van der Waals surface area contributed by atoms with Gasteiger partial charge in [0.25, 0.3) is 0 Å². The lowest BCUT2D eigenvalue weighted by molar-refractivity contribution is -0.130. The van der Waals surface area contributed by atoms with Crippen LogP contribution in [0.1, 0.15) is 17.7 Å². The van der Waals surface area contributed by atoms with Gasteiger partial charge in [-0.1, -0.05) is 18.2 Å². The van der Waals surface area contributed by atoms with Crippen molar-refractivity contribution in [1.82, 2.24) is 14.5 Å². The molecule has 5 heteroatoms. The van der Waals surface area contributed by atoms with Crippen LogP contribution in [0.5, 0.6) is 0 Å². The molecule has 0 N–H and O–H groups in total. The van der Waals surface area contributed by atoms with Gasteiger partial charge < -0.3 is 14.4 Å². The predicted molar refractivity (Wildman–Crippen MR) is 109 cm³/mol. The van der Waals surface area contributed by atoms with Crippen molar-refractivity contribution in [3.05, 3.63) is 60.0 Å². The minimum absolute atomic E-state index is 0.221. The maximum Gasteiger partial charge on any atom is 0.227 e. The van der Waals surface area contributed by atoms with E-state index in [4.69, 9.17) is 0 Å². The Balaban J connectivity index is 1.45. The molecule has 5 nitrogen and oxygen atoms in total. The third kappa shape index (κ3) is 3.68. The van der Waals surface area contributed by atoms with Crippen LogP contribution in [0.2, 0.25) is 0 Å². The molecule has 0 bridgehead atoms. The number of amides is 1. The second-order valence-electron chi connectivity index (χ2n) is 7.34. The molecule has 0 radical (unpaired) electrons. The summed E-state index contributed by atoms with van der Waals surface area (Å²) in [6.07, 6.45) is 5.41. The molecule has 27 heavy (non-hydrogen) atoms. The molecule has 4 rings (SSSR count). The van der Waals surface area contributed by atoms with Crippen molar-refractivity contribution in [2.75, 3.05) is 31.1 Å². The molecule has 1 aliphatic heterocycles. The van der Waals surface area contributed by atoms with Gasteiger partial charge in [0.05, 0.1) is 6.42 Å². The maximum atomic E-state index is 13.0. The minimum atomic E-state index is 0.221. The first kappa shape index (κ1) is 17.6. The van der Waals surface area contributed by atoms with Crippen molar-refractivity contribution < 1.29 is 4.79 Å². The molecule has 0 spiro atoms. The van der Waals surface area contributed by atoms with Gasteiger partial charge in [-0.05, 0) is 37.1 Å². The number of anilines is 1. The summed E-state index contributed by atoms with van der Waals surface area (Å²) in [5.74, 6) is 0.221. The molecule has 3 heterocycles. The second kappa shape index (κ2) is 7.43. The molecule has 3 aromatic rings. The lowest BCUT2D eigenvalue weighted by atomic mass is 10.1. The topological polar surface area (TPSA) is 41.4 Å². The van der Waals surface area contributed by atoms with E-state index >= 15 is 0 Å². The average molecular weight is 362 g/mol. The maximum absolute atomic E-state index is 13.0. The first-order valence-corrected chi connectivity index (χ1v) is 9.60. The summed E-state index contributed by atoms with van der Waals surface area (Å²) >= 11 is 0. The highest BCUT2D eigenvalue weighted by molar-refractivity contribution is 5.89. The zero-order valence-electron chi connectivity index (χ0n) is 16.1. The van der Waals surface area contributed by atoms with Crippen molar-refractivity contribution in [1.29, 1.82) is 0 Å². The van der Waals surface area contributed by atoms with Crippen LogP contribution in [0.15, 0.2) is 48.8 Å². The SMILES string of the molecule is Cc1cc(N2CCCN(C(=O)Cc3cn(C)c4ccccc34)CC2)ccn1. The van der Waals surface area contributed by atoms with E-state index in [1.54, 1.807) is 0 Å². The fraction of sp³-hybridized carbons (Fsp3) is 0.364. The third-order valence-electron chi connectivity index (χ3n) is 5.42. The molecule has 0 atom stereocenters. The summed E-state index contributed by atoms with van der Waals surface area (Å²) in [5, 5.41) is 1.18. The van der Waals surface area contributed by atoms with Crippen LogP contribution in [0.4, 0.5) is 5.69 Å². The number of para-hydroxylation sites is 1. The number of carbonyl (C=O) groups is 1. The number of aromatic nitrogens is 2. The first-order valence-electron chi connectivity index (χ1n) is 9.60. The highest BCUT2D eigenvalue weighted by Gasteiger charge is 2.21. The number of pyridine rings is 1. The fourth-order valence-electron chi connectivity index (χ4n) is 3.99. The summed E-state index contributed by atoms with van der Waals surface area (Å²) in [6, 6.07) is 12.5. The molecule has 1 aliphatic rings. The first-order chi connectivity index (χ1) is 13.1. The smallest absolute Gasteiger partial charge is 0.227 e. The van der Waals surface area contributed by atoms with Crippen molar-refractivity contribution in [3.63, 3.8) is 0 Å². The molecular weight excluding hydrogens is 336 g/mol. The second-order valence-corrected chi connectivity index (χ2v) is 7.34. The van der Waals surface area contributed by atoms with Crippen LogP contribution in [0, 0.1) is 6.92 Å². The molecule has 1 fully saturated rings. The Morgan fingerprint density at radius 1 is 1.11 bits per heavy atom. The number of rotatable bonds is 3. The summed E-state index contributed by atoms with van der Waals surface area (Å²) in [5.41, 5.74) is 4.52. The van der Waals surface area contributed by atoms with Gasteiger partial charge in [0.2, 0.25) is 5.91 Å². The summed E-state index contributed by atoms with van der Waals surface area (Å²) in [6.45, 7) is 5.45. The zero-order valence-corrected chi connectivity index (χ0v) is 16.1. The number of carbonyl (C=O) groups excluding carboxylic acids is 1. The standard InChI is InChI=1S/C22H26N4O/c1-17-14-19(8-9-23-17)25-10-5-11-26(13-12-25)22(27)15-18-16-24(2)21-7-4-3-6-20(18)21/h3-4,6-9,14,16H,5,10-13,15H2,1-2H3. The number of fused-ring (bicyclic) bond motifs is 1. The third-order valence-corrected chi connectivity index (χ3v) is 5.42. The summed E-state index contributed by atoms with van der Waals surface area (Å²) in [7, 11) is 2.04. The molecule has 0 unspecified atom stereocenters. The van der Waals surface area contributed by atoms with Gasteiger partial charge in [0.15, 0.2) is 0 Å². The van der Waals surface area contributed by atoms with Crippen molar-refractivity contribution >= 4 is 22.5 Å². The van der Waals surface area contributed by atoms with E-state index in [0.29, 0.717) is 6.42 Å². The quantitative estimate of drug-likeness (QED) is 0.719. The molecule has 0 aliphatic carbocycles. The Labute approximate surface area is 160 Å². The number of hydrogen-bond donors (Lipinski definition) is 0. The number of hydrogen-bond acceptors (Lipinski definition) is 3. The largest absolute Gasteiger partial charge is 0.370 e. The van der Waals surface area contributed by atoms with Gasteiger partial charge in [-0.25, -0.2) is 0 Å². The van der Waals surface area contributed by atoms with Crippen LogP contribution >= 0.6 is 0 Å². The van der Waals surface area contributed by atoms with Gasteiger partial charge in [-0.2, -0.15) is 0 Å². The molecule has 1 aromatic carbocycles. The summed E-state index contributed by atoms with van der Waals surface area (Å²) in [4.78, 5) is 21.6. The fourth-order valence-corrected chi connectivity index (χ4v) is 3.99. The Kier molecular flexibility index (Phi) is 4.84. The highest BCUT2D eigenvalue weighted by atomic mass is 16.2. The Hall–Kier alpha value is -2.82. The molecular formula is C22H26N4O. The van der Waals surface area contributed by atoms with Crippen LogP contribution in [0.3, 0.4) is 0 Å². The molecule has 1 saturated heterocycles. The van der Waals surface area contributed by atoms with Gasteiger partial charge >= 0.3 is 0 Å². The van der Waals surface area contributed by atoms with Crippen LogP contribution in [-0.4, -0.2) is 46.5 Å². The van der Waals surface area contributed by atoms with Crippen LogP contribution in [0.25, 0.3) is 10.9 Å². The Morgan fingerprint density at radius 2 is 1.96 bits per heavy atom. The van der Waals surface area contributed by atoms with Crippen molar-refractivity contribution in [3.8, 4) is 0 Å². The lowest BCUT2D eigenvalue weighted by Crippen LogP contribution is -2.36. The average Bonchev–Trinajstić information content (AvgIpc) is 2.85. The van der Waals surface area contributed by atoms with E-state index in [2.05, 4.69) is 44.9 Å². The highest BCUT2D eigenvalue weighted by Crippen LogP contribution is 2.22. The molecule has 1 amide bonds. The number of benzene rings is 1. The van der Waals surface area contributed by atoms with E-state index in [1.807, 2.05) is 37.2 Å².